The van der Waals surface area contributed by atoms with Crippen LogP contribution in [-0.2, 0) is 4.79 Å². The van der Waals surface area contributed by atoms with Gasteiger partial charge in [0, 0.05) is 6.08 Å². The van der Waals surface area contributed by atoms with Crippen molar-refractivity contribution in [2.75, 3.05) is 18.5 Å². The second-order valence-electron chi connectivity index (χ2n) is 5.68. The molecule has 5 nitrogen and oxygen atoms in total. The summed E-state index contributed by atoms with van der Waals surface area (Å²) in [5, 5.41) is 2.53. The second kappa shape index (κ2) is 10.9. The fourth-order valence-corrected chi connectivity index (χ4v) is 2.34. The Bertz CT molecular complexity index is 809. The molecule has 1 amide bonds. The smallest absolute Gasteiger partial charge is 0.387 e. The minimum atomic E-state index is -2.97. The van der Waals surface area contributed by atoms with Crippen molar-refractivity contribution in [2.45, 2.75) is 26.9 Å². The fraction of sp³-hybridized carbons (Fsp3) is 0.286. The zero-order chi connectivity index (χ0) is 20.4. The van der Waals surface area contributed by atoms with E-state index in [2.05, 4.69) is 10.1 Å². The van der Waals surface area contributed by atoms with E-state index in [1.165, 1.54) is 18.2 Å². The first-order valence-electron chi connectivity index (χ1n) is 8.96. The van der Waals surface area contributed by atoms with Gasteiger partial charge in [-0.3, -0.25) is 4.79 Å². The van der Waals surface area contributed by atoms with E-state index in [-0.39, 0.29) is 11.4 Å². The number of carbonyl (C=O) groups excluding carboxylic acids is 1. The van der Waals surface area contributed by atoms with Gasteiger partial charge >= 0.3 is 6.61 Å². The Labute approximate surface area is 162 Å². The molecule has 0 saturated heterocycles. The Balaban J connectivity index is 2.09. The number of halogens is 2. The van der Waals surface area contributed by atoms with Gasteiger partial charge in [-0.2, -0.15) is 8.78 Å². The second-order valence-corrected chi connectivity index (χ2v) is 5.68. The molecule has 0 bridgehead atoms. The maximum absolute atomic E-state index is 12.4. The molecule has 0 aromatic heterocycles. The van der Waals surface area contributed by atoms with Crippen molar-refractivity contribution in [2.24, 2.45) is 0 Å². The lowest BCUT2D eigenvalue weighted by Gasteiger charge is -2.12. The van der Waals surface area contributed by atoms with E-state index < -0.39 is 12.5 Å². The SMILES string of the molecule is CCCOc1ccc(/C=C/C(=O)Nc2ccccc2OC(F)F)cc1OCC. The van der Waals surface area contributed by atoms with E-state index in [1.807, 2.05) is 13.8 Å². The quantitative estimate of drug-likeness (QED) is 0.571. The highest BCUT2D eigenvalue weighted by Crippen LogP contribution is 2.29. The summed E-state index contributed by atoms with van der Waals surface area (Å²) in [4.78, 5) is 12.1. The number of anilines is 1. The number of nitrogens with one attached hydrogen (secondary N) is 1. The van der Waals surface area contributed by atoms with Crippen LogP contribution in [0.4, 0.5) is 14.5 Å². The molecule has 0 fully saturated rings. The van der Waals surface area contributed by atoms with Gasteiger partial charge in [0.2, 0.25) is 5.91 Å². The van der Waals surface area contributed by atoms with Gasteiger partial charge in [-0.1, -0.05) is 25.1 Å². The van der Waals surface area contributed by atoms with Crippen molar-refractivity contribution in [3.8, 4) is 17.2 Å². The lowest BCUT2D eigenvalue weighted by molar-refractivity contribution is -0.111. The van der Waals surface area contributed by atoms with Crippen LogP contribution in [0.1, 0.15) is 25.8 Å². The van der Waals surface area contributed by atoms with Crippen molar-refractivity contribution in [1.82, 2.24) is 0 Å². The van der Waals surface area contributed by atoms with Crippen molar-refractivity contribution in [3.05, 3.63) is 54.1 Å². The first-order valence-corrected chi connectivity index (χ1v) is 8.96. The van der Waals surface area contributed by atoms with Crippen LogP contribution in [0, 0.1) is 0 Å². The van der Waals surface area contributed by atoms with Crippen molar-refractivity contribution >= 4 is 17.7 Å². The molecular weight excluding hydrogens is 368 g/mol. The average molecular weight is 391 g/mol. The van der Waals surface area contributed by atoms with Crippen LogP contribution in [-0.4, -0.2) is 25.7 Å². The van der Waals surface area contributed by atoms with Gasteiger partial charge in [-0.25, -0.2) is 0 Å². The summed E-state index contributed by atoms with van der Waals surface area (Å²) in [5.74, 6) is 0.655. The first-order chi connectivity index (χ1) is 13.5. The zero-order valence-electron chi connectivity index (χ0n) is 15.8. The number of hydrogen-bond acceptors (Lipinski definition) is 4. The lowest BCUT2D eigenvalue weighted by Crippen LogP contribution is -2.11. The van der Waals surface area contributed by atoms with E-state index >= 15 is 0 Å². The topological polar surface area (TPSA) is 56.8 Å². The van der Waals surface area contributed by atoms with Gasteiger partial charge < -0.3 is 19.5 Å². The van der Waals surface area contributed by atoms with Crippen molar-refractivity contribution in [3.63, 3.8) is 0 Å². The molecule has 0 spiro atoms. The van der Waals surface area contributed by atoms with Gasteiger partial charge in [-0.15, -0.1) is 0 Å². The molecule has 150 valence electrons. The highest BCUT2D eigenvalue weighted by Gasteiger charge is 2.10. The van der Waals surface area contributed by atoms with Crippen molar-refractivity contribution in [1.29, 1.82) is 0 Å². The summed E-state index contributed by atoms with van der Waals surface area (Å²) in [6, 6.07) is 11.3. The summed E-state index contributed by atoms with van der Waals surface area (Å²) < 4.78 is 40.5. The number of carbonyl (C=O) groups is 1. The summed E-state index contributed by atoms with van der Waals surface area (Å²) in [6.07, 6.45) is 3.78. The Morgan fingerprint density at radius 2 is 1.86 bits per heavy atom. The van der Waals surface area contributed by atoms with Crippen LogP contribution in [0.25, 0.3) is 6.08 Å². The summed E-state index contributed by atoms with van der Waals surface area (Å²) >= 11 is 0. The molecule has 2 rings (SSSR count). The maximum atomic E-state index is 12.4. The Morgan fingerprint density at radius 3 is 2.57 bits per heavy atom. The molecule has 0 aliphatic rings. The van der Waals surface area contributed by atoms with Crippen LogP contribution in [0.3, 0.4) is 0 Å². The van der Waals surface area contributed by atoms with Gasteiger partial charge in [0.05, 0.1) is 18.9 Å². The molecule has 0 heterocycles. The Kier molecular flexibility index (Phi) is 8.27. The van der Waals surface area contributed by atoms with Gasteiger partial charge in [0.1, 0.15) is 5.75 Å². The van der Waals surface area contributed by atoms with Crippen molar-refractivity contribution < 1.29 is 27.8 Å². The summed E-state index contributed by atoms with van der Waals surface area (Å²) in [6.45, 7) is 1.98. The molecule has 1 N–H and O–H groups in total. The number of ether oxygens (including phenoxy) is 3. The standard InChI is InChI=1S/C21H23F2NO4/c1-3-13-27-18-11-9-15(14-19(18)26-4-2)10-12-20(25)24-16-7-5-6-8-17(16)28-21(22)23/h5-12,14,21H,3-4,13H2,1-2H3,(H,24,25)/b12-10+. The Morgan fingerprint density at radius 1 is 1.07 bits per heavy atom. The Hall–Kier alpha value is -3.09. The molecular formula is C21H23F2NO4. The third-order valence-corrected chi connectivity index (χ3v) is 3.52. The molecule has 7 heteroatoms. The van der Waals surface area contributed by atoms with E-state index in [0.29, 0.717) is 24.7 Å². The number of para-hydroxylation sites is 2. The average Bonchev–Trinajstić information content (AvgIpc) is 2.67. The molecule has 0 aliphatic heterocycles. The minimum absolute atomic E-state index is 0.102. The lowest BCUT2D eigenvalue weighted by atomic mass is 10.2. The molecule has 2 aromatic carbocycles. The van der Waals surface area contributed by atoms with Crippen LogP contribution in [0.5, 0.6) is 17.2 Å². The predicted octanol–water partition coefficient (Wildman–Crippen LogP) is 5.13. The molecule has 0 unspecified atom stereocenters. The molecule has 2 aromatic rings. The van der Waals surface area contributed by atoms with E-state index in [1.54, 1.807) is 36.4 Å². The number of rotatable bonds is 10. The van der Waals surface area contributed by atoms with E-state index in [0.717, 1.165) is 12.0 Å². The van der Waals surface area contributed by atoms with Crippen LogP contribution in [0.15, 0.2) is 48.5 Å². The van der Waals surface area contributed by atoms with E-state index in [9.17, 15) is 13.6 Å². The molecule has 28 heavy (non-hydrogen) atoms. The van der Waals surface area contributed by atoms with Crippen LogP contribution >= 0.6 is 0 Å². The molecule has 0 saturated carbocycles. The highest BCUT2D eigenvalue weighted by molar-refractivity contribution is 6.02. The molecule has 0 atom stereocenters. The van der Waals surface area contributed by atoms with Gasteiger partial charge in [0.25, 0.3) is 0 Å². The normalized spacial score (nSPS) is 10.9. The van der Waals surface area contributed by atoms with E-state index in [4.69, 9.17) is 9.47 Å². The third-order valence-electron chi connectivity index (χ3n) is 3.52. The number of hydrogen-bond donors (Lipinski definition) is 1. The number of alkyl halides is 2. The monoisotopic (exact) mass is 391 g/mol. The van der Waals surface area contributed by atoms with Crippen LogP contribution < -0.4 is 19.5 Å². The third kappa shape index (κ3) is 6.57. The van der Waals surface area contributed by atoms with Crippen LogP contribution in [0.2, 0.25) is 0 Å². The largest absolute Gasteiger partial charge is 0.490 e. The highest BCUT2D eigenvalue weighted by atomic mass is 19.3. The van der Waals surface area contributed by atoms with Gasteiger partial charge in [-0.05, 0) is 49.2 Å². The number of amides is 1. The number of benzene rings is 2. The summed E-state index contributed by atoms with van der Waals surface area (Å²) in [5.41, 5.74) is 0.898. The van der Waals surface area contributed by atoms with Gasteiger partial charge in [0.15, 0.2) is 11.5 Å². The molecule has 0 aliphatic carbocycles. The minimum Gasteiger partial charge on any atom is -0.490 e. The predicted molar refractivity (Wildman–Crippen MR) is 104 cm³/mol. The molecule has 0 radical (unpaired) electrons. The summed E-state index contributed by atoms with van der Waals surface area (Å²) in [7, 11) is 0. The fourth-order valence-electron chi connectivity index (χ4n) is 2.34. The first kappa shape index (κ1) is 21.2. The zero-order valence-corrected chi connectivity index (χ0v) is 15.8. The maximum Gasteiger partial charge on any atom is 0.387 e.